The predicted molar refractivity (Wildman–Crippen MR) is 77.4 cm³/mol. The molecule has 1 aliphatic rings. The first-order chi connectivity index (χ1) is 9.90. The summed E-state index contributed by atoms with van der Waals surface area (Å²) in [6.07, 6.45) is 4.31. The van der Waals surface area contributed by atoms with Gasteiger partial charge in [-0.3, -0.25) is 0 Å². The van der Waals surface area contributed by atoms with Gasteiger partial charge in [0.1, 0.15) is 0 Å². The van der Waals surface area contributed by atoms with Crippen molar-refractivity contribution in [2.24, 2.45) is 0 Å². The van der Waals surface area contributed by atoms with Gasteiger partial charge in [0, 0.05) is 13.2 Å². The van der Waals surface area contributed by atoms with E-state index in [2.05, 4.69) is 19.1 Å². The molecule has 0 radical (unpaired) electrons. The van der Waals surface area contributed by atoms with Gasteiger partial charge in [0.25, 0.3) is 0 Å². The molecular formula is C16H24O4. The fourth-order valence-corrected chi connectivity index (χ4v) is 2.04. The Balaban J connectivity index is 1.51. The van der Waals surface area contributed by atoms with Gasteiger partial charge in [-0.25, -0.2) is 0 Å². The topological polar surface area (TPSA) is 36.9 Å². The molecule has 4 heteroatoms. The maximum atomic E-state index is 5.55. The summed E-state index contributed by atoms with van der Waals surface area (Å²) in [6.45, 7) is 5.49. The van der Waals surface area contributed by atoms with Gasteiger partial charge >= 0.3 is 0 Å². The Hall–Kier alpha value is -1.26. The summed E-state index contributed by atoms with van der Waals surface area (Å²) >= 11 is 0. The smallest absolute Gasteiger partial charge is 0.231 e. The van der Waals surface area contributed by atoms with Crippen LogP contribution in [0.3, 0.4) is 0 Å². The standard InChI is InChI=1S/C16H24O4/c1-2-3-8-17-10-11-18-9-4-5-14-6-7-15-16(12-14)20-13-19-15/h6-7,12H,2-5,8-11,13H2,1H3. The minimum Gasteiger partial charge on any atom is -0.454 e. The van der Waals surface area contributed by atoms with Gasteiger partial charge in [-0.1, -0.05) is 19.4 Å². The number of fused-ring (bicyclic) bond motifs is 1. The Kier molecular flexibility index (Phi) is 6.68. The van der Waals surface area contributed by atoms with E-state index < -0.39 is 0 Å². The third-order valence-electron chi connectivity index (χ3n) is 3.21. The molecule has 2 rings (SSSR count). The van der Waals surface area contributed by atoms with E-state index in [1.807, 2.05) is 6.07 Å². The Labute approximate surface area is 121 Å². The van der Waals surface area contributed by atoms with Crippen molar-refractivity contribution < 1.29 is 18.9 Å². The van der Waals surface area contributed by atoms with Crippen LogP contribution in [0.2, 0.25) is 0 Å². The lowest BCUT2D eigenvalue weighted by molar-refractivity contribution is 0.0459. The fraction of sp³-hybridized carbons (Fsp3) is 0.625. The molecule has 0 spiro atoms. The maximum absolute atomic E-state index is 5.55. The molecular weight excluding hydrogens is 256 g/mol. The molecule has 20 heavy (non-hydrogen) atoms. The van der Waals surface area contributed by atoms with Crippen LogP contribution >= 0.6 is 0 Å². The summed E-state index contributed by atoms with van der Waals surface area (Å²) < 4.78 is 21.6. The second-order valence-corrected chi connectivity index (χ2v) is 4.87. The van der Waals surface area contributed by atoms with Gasteiger partial charge in [-0.2, -0.15) is 0 Å². The first kappa shape index (κ1) is 15.1. The summed E-state index contributed by atoms with van der Waals surface area (Å²) in [5.41, 5.74) is 1.26. The largest absolute Gasteiger partial charge is 0.454 e. The molecule has 0 fully saturated rings. The lowest BCUT2D eigenvalue weighted by Crippen LogP contribution is -2.06. The van der Waals surface area contributed by atoms with E-state index in [9.17, 15) is 0 Å². The summed E-state index contributed by atoms with van der Waals surface area (Å²) in [7, 11) is 0. The minimum absolute atomic E-state index is 0.333. The van der Waals surface area contributed by atoms with Gasteiger partial charge in [-0.05, 0) is 37.0 Å². The molecule has 1 aromatic carbocycles. The molecule has 0 saturated heterocycles. The zero-order valence-corrected chi connectivity index (χ0v) is 12.2. The average Bonchev–Trinajstić information content (AvgIpc) is 2.93. The van der Waals surface area contributed by atoms with Gasteiger partial charge in [0.15, 0.2) is 11.5 Å². The monoisotopic (exact) mass is 280 g/mol. The highest BCUT2D eigenvalue weighted by Crippen LogP contribution is 2.32. The van der Waals surface area contributed by atoms with Crippen molar-refractivity contribution >= 4 is 0 Å². The molecule has 0 aliphatic carbocycles. The summed E-state index contributed by atoms with van der Waals surface area (Å²) in [4.78, 5) is 0. The number of aryl methyl sites for hydroxylation is 1. The van der Waals surface area contributed by atoms with Crippen LogP contribution in [0, 0.1) is 0 Å². The van der Waals surface area contributed by atoms with Crippen molar-refractivity contribution in [3.63, 3.8) is 0 Å². The van der Waals surface area contributed by atoms with E-state index in [0.29, 0.717) is 20.0 Å². The number of unbranched alkanes of at least 4 members (excludes halogenated alkanes) is 1. The molecule has 1 aromatic rings. The van der Waals surface area contributed by atoms with E-state index >= 15 is 0 Å². The van der Waals surface area contributed by atoms with Crippen molar-refractivity contribution in [2.45, 2.75) is 32.6 Å². The van der Waals surface area contributed by atoms with Crippen molar-refractivity contribution in [3.8, 4) is 11.5 Å². The van der Waals surface area contributed by atoms with E-state index in [4.69, 9.17) is 18.9 Å². The highest BCUT2D eigenvalue weighted by Gasteiger charge is 2.12. The lowest BCUT2D eigenvalue weighted by atomic mass is 10.1. The molecule has 0 amide bonds. The van der Waals surface area contributed by atoms with Crippen LogP contribution in [0.4, 0.5) is 0 Å². The first-order valence-electron chi connectivity index (χ1n) is 7.44. The zero-order chi connectivity index (χ0) is 14.0. The highest BCUT2D eigenvalue weighted by molar-refractivity contribution is 5.44. The van der Waals surface area contributed by atoms with Crippen molar-refractivity contribution in [1.82, 2.24) is 0 Å². The Morgan fingerprint density at radius 3 is 2.50 bits per heavy atom. The average molecular weight is 280 g/mol. The number of ether oxygens (including phenoxy) is 4. The second-order valence-electron chi connectivity index (χ2n) is 4.87. The van der Waals surface area contributed by atoms with Crippen molar-refractivity contribution in [2.75, 3.05) is 33.2 Å². The predicted octanol–water partition coefficient (Wildman–Crippen LogP) is 3.18. The molecule has 0 atom stereocenters. The van der Waals surface area contributed by atoms with Crippen molar-refractivity contribution in [3.05, 3.63) is 23.8 Å². The molecule has 4 nitrogen and oxygen atoms in total. The Morgan fingerprint density at radius 1 is 0.950 bits per heavy atom. The highest BCUT2D eigenvalue weighted by atomic mass is 16.7. The molecule has 0 unspecified atom stereocenters. The molecule has 0 aromatic heterocycles. The maximum Gasteiger partial charge on any atom is 0.231 e. The summed E-state index contributed by atoms with van der Waals surface area (Å²) in [5.74, 6) is 1.70. The number of hydrogen-bond donors (Lipinski definition) is 0. The van der Waals surface area contributed by atoms with Crippen molar-refractivity contribution in [1.29, 1.82) is 0 Å². The van der Waals surface area contributed by atoms with Crippen LogP contribution in [0.5, 0.6) is 11.5 Å². The lowest BCUT2D eigenvalue weighted by Gasteiger charge is -2.06. The summed E-state index contributed by atoms with van der Waals surface area (Å²) in [6, 6.07) is 6.11. The zero-order valence-electron chi connectivity index (χ0n) is 12.2. The van der Waals surface area contributed by atoms with E-state index in [-0.39, 0.29) is 0 Å². The fourth-order valence-electron chi connectivity index (χ4n) is 2.04. The molecule has 0 bridgehead atoms. The molecule has 1 heterocycles. The molecule has 1 aliphatic heterocycles. The van der Waals surface area contributed by atoms with Crippen LogP contribution in [0.25, 0.3) is 0 Å². The number of benzene rings is 1. The second kappa shape index (κ2) is 8.82. The molecule has 0 saturated carbocycles. The van der Waals surface area contributed by atoms with Crippen LogP contribution in [0.1, 0.15) is 31.7 Å². The normalized spacial score (nSPS) is 12.8. The van der Waals surface area contributed by atoms with E-state index in [1.165, 1.54) is 12.0 Å². The van der Waals surface area contributed by atoms with Gasteiger partial charge in [-0.15, -0.1) is 0 Å². The van der Waals surface area contributed by atoms with Crippen LogP contribution in [-0.4, -0.2) is 33.2 Å². The minimum atomic E-state index is 0.333. The van der Waals surface area contributed by atoms with Crippen LogP contribution in [0.15, 0.2) is 18.2 Å². The van der Waals surface area contributed by atoms with Gasteiger partial charge in [0.05, 0.1) is 13.2 Å². The first-order valence-corrected chi connectivity index (χ1v) is 7.44. The SMILES string of the molecule is CCCCOCCOCCCc1ccc2c(c1)OCO2. The quantitative estimate of drug-likeness (QED) is 0.617. The van der Waals surface area contributed by atoms with Crippen LogP contribution in [-0.2, 0) is 15.9 Å². The number of rotatable bonds is 10. The molecule has 112 valence electrons. The summed E-state index contributed by atoms with van der Waals surface area (Å²) in [5, 5.41) is 0. The third kappa shape index (κ3) is 5.02. The van der Waals surface area contributed by atoms with E-state index in [1.54, 1.807) is 0 Å². The van der Waals surface area contributed by atoms with Gasteiger partial charge < -0.3 is 18.9 Å². The third-order valence-corrected chi connectivity index (χ3v) is 3.21. The number of hydrogen-bond acceptors (Lipinski definition) is 4. The molecule has 0 N–H and O–H groups in total. The van der Waals surface area contributed by atoms with E-state index in [0.717, 1.165) is 44.0 Å². The Bertz CT molecular complexity index is 392. The Morgan fingerprint density at radius 2 is 1.70 bits per heavy atom. The van der Waals surface area contributed by atoms with Gasteiger partial charge in [0.2, 0.25) is 6.79 Å². The van der Waals surface area contributed by atoms with Crippen LogP contribution < -0.4 is 9.47 Å².